The molecule has 0 aromatic heterocycles. The Hall–Kier alpha value is -1.35. The van der Waals surface area contributed by atoms with Crippen LogP contribution < -0.4 is 5.32 Å². The Balaban J connectivity index is 1.86. The zero-order valence-electron chi connectivity index (χ0n) is 17.6. The van der Waals surface area contributed by atoms with Gasteiger partial charge in [-0.05, 0) is 50.5 Å². The van der Waals surface area contributed by atoms with Gasteiger partial charge in [-0.25, -0.2) is 0 Å². The molecular weight excluding hydrogens is 334 g/mol. The van der Waals surface area contributed by atoms with E-state index in [9.17, 15) is 4.79 Å². The predicted molar refractivity (Wildman–Crippen MR) is 113 cm³/mol. The Bertz CT molecular complexity index is 530. The molecule has 3 nitrogen and oxygen atoms in total. The van der Waals surface area contributed by atoms with Gasteiger partial charge < -0.3 is 10.1 Å². The lowest BCUT2D eigenvalue weighted by atomic mass is 9.89. The summed E-state index contributed by atoms with van der Waals surface area (Å²) in [5.41, 5.74) is 1.36. The summed E-state index contributed by atoms with van der Waals surface area (Å²) in [4.78, 5) is 12.7. The second-order valence-electron chi connectivity index (χ2n) is 8.25. The number of hydrogen-bond acceptors (Lipinski definition) is 3. The van der Waals surface area contributed by atoms with Crippen LogP contribution in [0.1, 0.15) is 84.1 Å². The number of rotatable bonds is 12. The fraction of sp³-hybridized carbons (Fsp3) is 0.708. The second kappa shape index (κ2) is 12.2. The molecule has 1 aromatic carbocycles. The molecule has 1 heterocycles. The first-order chi connectivity index (χ1) is 13.1. The van der Waals surface area contributed by atoms with E-state index < -0.39 is 0 Å². The van der Waals surface area contributed by atoms with Crippen molar-refractivity contribution >= 4 is 5.97 Å². The largest absolute Gasteiger partial charge is 0.462 e. The van der Waals surface area contributed by atoms with Crippen LogP contribution in [0.15, 0.2) is 30.3 Å². The highest BCUT2D eigenvalue weighted by Crippen LogP contribution is 2.28. The monoisotopic (exact) mass is 373 g/mol. The molecule has 1 aliphatic rings. The molecule has 0 aliphatic carbocycles. The van der Waals surface area contributed by atoms with Crippen molar-refractivity contribution in [3.63, 3.8) is 0 Å². The van der Waals surface area contributed by atoms with Crippen molar-refractivity contribution in [2.24, 2.45) is 5.92 Å². The molecule has 1 fully saturated rings. The second-order valence-corrected chi connectivity index (χ2v) is 8.25. The lowest BCUT2D eigenvalue weighted by Gasteiger charge is -2.19. The fourth-order valence-electron chi connectivity index (χ4n) is 4.18. The highest BCUT2D eigenvalue weighted by atomic mass is 16.5. The van der Waals surface area contributed by atoms with Gasteiger partial charge in [0.25, 0.3) is 0 Å². The van der Waals surface area contributed by atoms with Crippen molar-refractivity contribution in [1.82, 2.24) is 5.32 Å². The summed E-state index contributed by atoms with van der Waals surface area (Å²) in [6.07, 6.45) is 11.4. The van der Waals surface area contributed by atoms with Crippen molar-refractivity contribution in [3.05, 3.63) is 35.9 Å². The molecule has 0 bridgehead atoms. The van der Waals surface area contributed by atoms with Crippen LogP contribution in [0.3, 0.4) is 0 Å². The summed E-state index contributed by atoms with van der Waals surface area (Å²) >= 11 is 0. The highest BCUT2D eigenvalue weighted by molar-refractivity contribution is 5.76. The maximum absolute atomic E-state index is 12.7. The van der Waals surface area contributed by atoms with E-state index in [0.29, 0.717) is 12.0 Å². The summed E-state index contributed by atoms with van der Waals surface area (Å²) in [6.45, 7) is 6.48. The van der Waals surface area contributed by atoms with Crippen molar-refractivity contribution in [2.75, 3.05) is 0 Å². The Morgan fingerprint density at radius 3 is 2.56 bits per heavy atom. The van der Waals surface area contributed by atoms with Crippen LogP contribution in [0.25, 0.3) is 0 Å². The highest BCUT2D eigenvalue weighted by Gasteiger charge is 2.37. The van der Waals surface area contributed by atoms with Crippen LogP contribution in [0.4, 0.5) is 0 Å². The molecule has 0 saturated carbocycles. The van der Waals surface area contributed by atoms with Crippen LogP contribution in [0, 0.1) is 5.92 Å². The number of esters is 1. The maximum Gasteiger partial charge on any atom is 0.323 e. The van der Waals surface area contributed by atoms with Gasteiger partial charge in [0.2, 0.25) is 0 Å². The van der Waals surface area contributed by atoms with E-state index >= 15 is 0 Å². The van der Waals surface area contributed by atoms with E-state index in [2.05, 4.69) is 49.5 Å². The number of benzene rings is 1. The van der Waals surface area contributed by atoms with Gasteiger partial charge in [-0.15, -0.1) is 0 Å². The van der Waals surface area contributed by atoms with Crippen LogP contribution in [0.5, 0.6) is 0 Å². The number of unbranched alkanes of at least 4 members (excludes halogenated alkanes) is 4. The summed E-state index contributed by atoms with van der Waals surface area (Å²) in [6, 6.07) is 10.9. The molecule has 3 heteroatoms. The summed E-state index contributed by atoms with van der Waals surface area (Å²) in [5.74, 6) is 0.464. The molecule has 0 unspecified atom stereocenters. The number of ether oxygens (including phenoxy) is 1. The van der Waals surface area contributed by atoms with Gasteiger partial charge in [0, 0.05) is 6.04 Å². The van der Waals surface area contributed by atoms with Gasteiger partial charge in [0.05, 0.1) is 6.10 Å². The maximum atomic E-state index is 12.7. The van der Waals surface area contributed by atoms with E-state index in [0.717, 1.165) is 32.1 Å². The van der Waals surface area contributed by atoms with Crippen LogP contribution in [-0.2, 0) is 16.0 Å². The van der Waals surface area contributed by atoms with Crippen LogP contribution >= 0.6 is 0 Å². The zero-order valence-corrected chi connectivity index (χ0v) is 17.6. The fourth-order valence-corrected chi connectivity index (χ4v) is 4.18. The molecular formula is C24H39NO2. The van der Waals surface area contributed by atoms with Crippen molar-refractivity contribution in [1.29, 1.82) is 0 Å². The average molecular weight is 374 g/mol. The average Bonchev–Trinajstić information content (AvgIpc) is 3.07. The van der Waals surface area contributed by atoms with Gasteiger partial charge >= 0.3 is 5.97 Å². The van der Waals surface area contributed by atoms with Crippen LogP contribution in [-0.4, -0.2) is 24.2 Å². The predicted octanol–water partition coefficient (Wildman–Crippen LogP) is 5.67. The minimum atomic E-state index is -0.140. The first-order valence-corrected chi connectivity index (χ1v) is 11.1. The molecule has 4 atom stereocenters. The Labute approximate surface area is 166 Å². The standard InChI is InChI=1S/C24H39NO2/c1-4-6-8-10-13-19(3)27-24(26)23-18-21(22(25-23)16-7-5-2)17-20-14-11-9-12-15-20/h9,11-12,14-15,19,21-23,25H,4-8,10,13,16-18H2,1-3H3/t19-,21-,22+,23-/m0/s1. The molecule has 0 amide bonds. The first kappa shape index (κ1) is 21.9. The molecule has 0 radical (unpaired) electrons. The number of hydrogen-bond donors (Lipinski definition) is 1. The van der Waals surface area contributed by atoms with Gasteiger partial charge in [0.1, 0.15) is 6.04 Å². The first-order valence-electron chi connectivity index (χ1n) is 11.1. The third kappa shape index (κ3) is 7.65. The Morgan fingerprint density at radius 2 is 1.85 bits per heavy atom. The third-order valence-corrected chi connectivity index (χ3v) is 5.80. The smallest absolute Gasteiger partial charge is 0.323 e. The van der Waals surface area contributed by atoms with Gasteiger partial charge in [0.15, 0.2) is 0 Å². The third-order valence-electron chi connectivity index (χ3n) is 5.80. The van der Waals surface area contributed by atoms with E-state index in [1.807, 2.05) is 6.92 Å². The molecule has 152 valence electrons. The number of carbonyl (C=O) groups is 1. The minimum absolute atomic E-state index is 0.0263. The summed E-state index contributed by atoms with van der Waals surface area (Å²) in [5, 5.41) is 3.60. The molecule has 2 rings (SSSR count). The van der Waals surface area contributed by atoms with E-state index in [1.54, 1.807) is 0 Å². The lowest BCUT2D eigenvalue weighted by Crippen LogP contribution is -2.38. The zero-order chi connectivity index (χ0) is 19.5. The van der Waals surface area contributed by atoms with Crippen LogP contribution in [0.2, 0.25) is 0 Å². The topological polar surface area (TPSA) is 38.3 Å². The molecule has 1 aromatic rings. The summed E-state index contributed by atoms with van der Waals surface area (Å²) in [7, 11) is 0. The van der Waals surface area contributed by atoms with Gasteiger partial charge in [-0.2, -0.15) is 0 Å². The summed E-state index contributed by atoms with van der Waals surface area (Å²) < 4.78 is 5.76. The molecule has 1 saturated heterocycles. The van der Waals surface area contributed by atoms with E-state index in [4.69, 9.17) is 4.74 Å². The lowest BCUT2D eigenvalue weighted by molar-refractivity contribution is -0.150. The van der Waals surface area contributed by atoms with E-state index in [1.165, 1.54) is 37.7 Å². The Kier molecular flexibility index (Phi) is 9.90. The van der Waals surface area contributed by atoms with Crippen molar-refractivity contribution in [3.8, 4) is 0 Å². The molecule has 0 spiro atoms. The minimum Gasteiger partial charge on any atom is -0.462 e. The normalized spacial score (nSPS) is 23.3. The molecule has 27 heavy (non-hydrogen) atoms. The SMILES string of the molecule is CCCCCC[C@H](C)OC(=O)[C@@H]1C[C@H](Cc2ccccc2)[C@@H](CCCC)N1. The van der Waals surface area contributed by atoms with Crippen molar-refractivity contribution < 1.29 is 9.53 Å². The van der Waals surface area contributed by atoms with Gasteiger partial charge in [-0.3, -0.25) is 4.79 Å². The Morgan fingerprint density at radius 1 is 1.11 bits per heavy atom. The number of carbonyl (C=O) groups excluding carboxylic acids is 1. The number of nitrogens with one attached hydrogen (secondary N) is 1. The van der Waals surface area contributed by atoms with Gasteiger partial charge in [-0.1, -0.05) is 76.3 Å². The van der Waals surface area contributed by atoms with Crippen molar-refractivity contribution in [2.45, 2.75) is 103 Å². The molecule has 1 N–H and O–H groups in total. The molecule has 1 aliphatic heterocycles. The quantitative estimate of drug-likeness (QED) is 0.379. The van der Waals surface area contributed by atoms with E-state index in [-0.39, 0.29) is 18.1 Å².